The number of rotatable bonds is 6. The van der Waals surface area contributed by atoms with Crippen LogP contribution < -0.4 is 5.32 Å². The summed E-state index contributed by atoms with van der Waals surface area (Å²) in [7, 11) is 0. The largest absolute Gasteiger partial charge is 0.301 e. The second kappa shape index (κ2) is 8.74. The Morgan fingerprint density at radius 2 is 1.80 bits per heavy atom. The second-order valence-corrected chi connectivity index (χ2v) is 8.72. The van der Waals surface area contributed by atoms with E-state index in [1.165, 1.54) is 16.9 Å². The Morgan fingerprint density at radius 1 is 1.08 bits per heavy atom. The van der Waals surface area contributed by atoms with Crippen molar-refractivity contribution in [3.05, 3.63) is 81.3 Å². The average molecular weight is 480 g/mol. The first kappa shape index (κ1) is 18.3. The Bertz CT molecular complexity index is 834. The highest BCUT2D eigenvalue weighted by atomic mass is 79.9. The van der Waals surface area contributed by atoms with Crippen molar-refractivity contribution < 1.29 is 4.79 Å². The lowest BCUT2D eigenvalue weighted by Gasteiger charge is -2.09. The number of hydrogen-bond acceptors (Lipinski definition) is 3. The number of anilines is 1. The summed E-state index contributed by atoms with van der Waals surface area (Å²) < 4.78 is 1.07. The number of amides is 1. The van der Waals surface area contributed by atoms with Crippen LogP contribution in [0.25, 0.3) is 0 Å². The van der Waals surface area contributed by atoms with Crippen LogP contribution in [0.3, 0.4) is 0 Å². The van der Waals surface area contributed by atoms with Gasteiger partial charge in [0.15, 0.2) is 5.13 Å². The first-order chi connectivity index (χ1) is 12.1. The van der Waals surface area contributed by atoms with Crippen LogP contribution in [0.4, 0.5) is 5.13 Å². The molecule has 0 aliphatic carbocycles. The van der Waals surface area contributed by atoms with Gasteiger partial charge in [-0.1, -0.05) is 74.3 Å². The van der Waals surface area contributed by atoms with Crippen molar-refractivity contribution in [3.63, 3.8) is 0 Å². The van der Waals surface area contributed by atoms with E-state index in [0.717, 1.165) is 21.3 Å². The molecule has 128 valence electrons. The van der Waals surface area contributed by atoms with Crippen LogP contribution in [0.2, 0.25) is 0 Å². The van der Waals surface area contributed by atoms with Gasteiger partial charge in [0, 0.05) is 22.0 Å². The molecule has 1 heterocycles. The van der Waals surface area contributed by atoms with Crippen molar-refractivity contribution >= 4 is 54.2 Å². The van der Waals surface area contributed by atoms with Gasteiger partial charge in [0.2, 0.25) is 5.91 Å². The predicted octanol–water partition coefficient (Wildman–Crippen LogP) is 5.44. The molecule has 0 bridgehead atoms. The number of halogens is 2. The topological polar surface area (TPSA) is 42.0 Å². The molecule has 1 aromatic heterocycles. The van der Waals surface area contributed by atoms with E-state index in [2.05, 4.69) is 54.3 Å². The van der Waals surface area contributed by atoms with Crippen molar-refractivity contribution in [2.24, 2.45) is 0 Å². The molecule has 0 aliphatic heterocycles. The number of thiazole rings is 1. The lowest BCUT2D eigenvalue weighted by molar-refractivity contribution is -0.115. The van der Waals surface area contributed by atoms with Crippen LogP contribution >= 0.6 is 43.2 Å². The molecule has 2 aromatic carbocycles. The fourth-order valence-corrected chi connectivity index (χ4v) is 3.95. The standard InChI is InChI=1S/C19H16Br2N2OS/c20-15-8-6-14(7-9-15)10-16-12-22-19(25-16)23-18(24)17(21)11-13-4-2-1-3-5-13/h1-9,12,17H,10-11H2,(H,22,23,24)/t17-/m1/s1. The molecule has 0 fully saturated rings. The van der Waals surface area contributed by atoms with Gasteiger partial charge in [0.25, 0.3) is 0 Å². The number of carbonyl (C=O) groups excluding carboxylic acids is 1. The van der Waals surface area contributed by atoms with Crippen LogP contribution in [0.15, 0.2) is 65.3 Å². The number of nitrogens with zero attached hydrogens (tertiary/aromatic N) is 1. The maximum absolute atomic E-state index is 12.3. The number of benzene rings is 2. The van der Waals surface area contributed by atoms with Gasteiger partial charge in [-0.2, -0.15) is 0 Å². The minimum atomic E-state index is -0.284. The molecule has 3 nitrogen and oxygen atoms in total. The highest BCUT2D eigenvalue weighted by Gasteiger charge is 2.17. The summed E-state index contributed by atoms with van der Waals surface area (Å²) in [5.41, 5.74) is 2.33. The zero-order valence-electron chi connectivity index (χ0n) is 13.3. The van der Waals surface area contributed by atoms with E-state index in [-0.39, 0.29) is 10.7 Å². The van der Waals surface area contributed by atoms with Crippen LogP contribution in [0, 0.1) is 0 Å². The molecule has 0 saturated carbocycles. The SMILES string of the molecule is O=C(Nc1ncc(Cc2ccc(Br)cc2)s1)[C@H](Br)Cc1ccccc1. The van der Waals surface area contributed by atoms with Crippen molar-refractivity contribution in [2.75, 3.05) is 5.32 Å². The molecule has 1 N–H and O–H groups in total. The third-order valence-electron chi connectivity index (χ3n) is 3.62. The van der Waals surface area contributed by atoms with Crippen molar-refractivity contribution in [3.8, 4) is 0 Å². The fourth-order valence-electron chi connectivity index (χ4n) is 2.35. The van der Waals surface area contributed by atoms with E-state index in [9.17, 15) is 4.79 Å². The Hall–Kier alpha value is -1.50. The van der Waals surface area contributed by atoms with E-state index < -0.39 is 0 Å². The van der Waals surface area contributed by atoms with Gasteiger partial charge in [-0.05, 0) is 29.7 Å². The van der Waals surface area contributed by atoms with Gasteiger partial charge < -0.3 is 5.32 Å². The monoisotopic (exact) mass is 478 g/mol. The van der Waals surface area contributed by atoms with Gasteiger partial charge in [-0.3, -0.25) is 4.79 Å². The zero-order valence-corrected chi connectivity index (χ0v) is 17.3. The summed E-state index contributed by atoms with van der Waals surface area (Å²) in [5.74, 6) is -0.0756. The van der Waals surface area contributed by atoms with E-state index in [0.29, 0.717) is 11.6 Å². The van der Waals surface area contributed by atoms with Gasteiger partial charge in [0.1, 0.15) is 0 Å². The quantitative estimate of drug-likeness (QED) is 0.478. The maximum Gasteiger partial charge on any atom is 0.240 e. The Balaban J connectivity index is 1.57. The van der Waals surface area contributed by atoms with Gasteiger partial charge in [-0.15, -0.1) is 11.3 Å². The molecule has 1 atom stereocenters. The first-order valence-corrected chi connectivity index (χ1v) is 10.3. The van der Waals surface area contributed by atoms with E-state index in [4.69, 9.17) is 0 Å². The van der Waals surface area contributed by atoms with E-state index >= 15 is 0 Å². The Kier molecular flexibility index (Phi) is 6.39. The second-order valence-electron chi connectivity index (χ2n) is 5.58. The third kappa shape index (κ3) is 5.49. The van der Waals surface area contributed by atoms with Crippen molar-refractivity contribution in [1.29, 1.82) is 0 Å². The molecule has 3 rings (SSSR count). The summed E-state index contributed by atoms with van der Waals surface area (Å²) in [5, 5.41) is 3.53. The molecule has 1 amide bonds. The smallest absolute Gasteiger partial charge is 0.240 e. The molecule has 0 aliphatic rings. The lowest BCUT2D eigenvalue weighted by Crippen LogP contribution is -2.24. The van der Waals surface area contributed by atoms with Gasteiger partial charge in [-0.25, -0.2) is 4.98 Å². The first-order valence-electron chi connectivity index (χ1n) is 7.78. The molecule has 0 spiro atoms. The van der Waals surface area contributed by atoms with Crippen LogP contribution in [0.1, 0.15) is 16.0 Å². The molecule has 3 aromatic rings. The van der Waals surface area contributed by atoms with Gasteiger partial charge >= 0.3 is 0 Å². The van der Waals surface area contributed by atoms with E-state index in [1.54, 1.807) is 0 Å². The van der Waals surface area contributed by atoms with Crippen LogP contribution in [0.5, 0.6) is 0 Å². The van der Waals surface area contributed by atoms with Gasteiger partial charge in [0.05, 0.1) is 4.83 Å². The minimum Gasteiger partial charge on any atom is -0.301 e. The highest BCUT2D eigenvalue weighted by Crippen LogP contribution is 2.23. The number of nitrogens with one attached hydrogen (secondary N) is 1. The number of aromatic nitrogens is 1. The average Bonchev–Trinajstić information content (AvgIpc) is 3.04. The molecule has 0 radical (unpaired) electrons. The van der Waals surface area contributed by atoms with Crippen LogP contribution in [-0.2, 0) is 17.6 Å². The summed E-state index contributed by atoms with van der Waals surface area (Å²) in [6.07, 6.45) is 3.27. The summed E-state index contributed by atoms with van der Waals surface area (Å²) in [4.78, 5) is 17.5. The normalized spacial score (nSPS) is 11.9. The Morgan fingerprint density at radius 3 is 2.52 bits per heavy atom. The van der Waals surface area contributed by atoms with E-state index in [1.807, 2.05) is 48.7 Å². The molecular formula is C19H16Br2N2OS. The number of hydrogen-bond donors (Lipinski definition) is 1. The fraction of sp³-hybridized carbons (Fsp3) is 0.158. The third-order valence-corrected chi connectivity index (χ3v) is 5.80. The van der Waals surface area contributed by atoms with Crippen molar-refractivity contribution in [1.82, 2.24) is 4.98 Å². The summed E-state index contributed by atoms with van der Waals surface area (Å²) in [6.45, 7) is 0. The number of alkyl halides is 1. The highest BCUT2D eigenvalue weighted by molar-refractivity contribution is 9.10. The molecule has 0 saturated heterocycles. The van der Waals surface area contributed by atoms with Crippen molar-refractivity contribution in [2.45, 2.75) is 17.7 Å². The zero-order chi connectivity index (χ0) is 17.6. The molecule has 25 heavy (non-hydrogen) atoms. The Labute approximate surface area is 167 Å². The molecule has 0 unspecified atom stereocenters. The minimum absolute atomic E-state index is 0.0756. The molecule has 6 heteroatoms. The summed E-state index contributed by atoms with van der Waals surface area (Å²) >= 11 is 8.41. The predicted molar refractivity (Wildman–Crippen MR) is 111 cm³/mol. The lowest BCUT2D eigenvalue weighted by atomic mass is 10.1. The summed E-state index contributed by atoms with van der Waals surface area (Å²) in [6, 6.07) is 18.2. The maximum atomic E-state index is 12.3. The van der Waals surface area contributed by atoms with Crippen LogP contribution in [-0.4, -0.2) is 15.7 Å². The molecular weight excluding hydrogens is 464 g/mol. The number of carbonyl (C=O) groups is 1.